The smallest absolute Gasteiger partial charge is 0.234 e. The van der Waals surface area contributed by atoms with Crippen molar-refractivity contribution in [3.63, 3.8) is 0 Å². The Morgan fingerprint density at radius 2 is 1.86 bits per heavy atom. The maximum Gasteiger partial charge on any atom is 0.234 e. The Morgan fingerprint density at radius 3 is 2.66 bits per heavy atom. The summed E-state index contributed by atoms with van der Waals surface area (Å²) >= 11 is 13.7. The van der Waals surface area contributed by atoms with Gasteiger partial charge in [-0.15, -0.1) is 11.8 Å². The monoisotopic (exact) mass is 442 g/mol. The van der Waals surface area contributed by atoms with Crippen LogP contribution in [-0.2, 0) is 4.79 Å². The fourth-order valence-electron chi connectivity index (χ4n) is 2.79. The van der Waals surface area contributed by atoms with Crippen LogP contribution in [0, 0.1) is 6.92 Å². The second kappa shape index (κ2) is 8.49. The zero-order chi connectivity index (χ0) is 20.4. The highest BCUT2D eigenvalue weighted by molar-refractivity contribution is 8.00. The minimum absolute atomic E-state index is 0.119. The largest absolute Gasteiger partial charge is 0.436 e. The first-order valence-electron chi connectivity index (χ1n) is 8.83. The van der Waals surface area contributed by atoms with E-state index in [4.69, 9.17) is 27.6 Å². The van der Waals surface area contributed by atoms with Crippen molar-refractivity contribution in [3.8, 4) is 11.5 Å². The van der Waals surface area contributed by atoms with Gasteiger partial charge in [0.15, 0.2) is 5.58 Å². The molecular weight excluding hydrogens is 427 g/mol. The third-order valence-corrected chi connectivity index (χ3v) is 5.80. The van der Waals surface area contributed by atoms with Crippen molar-refractivity contribution in [2.24, 2.45) is 0 Å². The number of nitrogens with one attached hydrogen (secondary N) is 1. The third-order valence-electron chi connectivity index (χ3n) is 4.21. The summed E-state index contributed by atoms with van der Waals surface area (Å²) in [7, 11) is 0. The van der Waals surface area contributed by atoms with Gasteiger partial charge >= 0.3 is 0 Å². The molecule has 0 aliphatic heterocycles. The molecule has 7 heteroatoms. The number of carbonyl (C=O) groups is 1. The highest BCUT2D eigenvalue weighted by Gasteiger charge is 2.14. The van der Waals surface area contributed by atoms with E-state index in [2.05, 4.69) is 10.3 Å². The molecule has 1 N–H and O–H groups in total. The zero-order valence-electron chi connectivity index (χ0n) is 15.4. The lowest BCUT2D eigenvalue weighted by molar-refractivity contribution is -0.113. The summed E-state index contributed by atoms with van der Waals surface area (Å²) in [5, 5.41) is 4.06. The van der Waals surface area contributed by atoms with Crippen molar-refractivity contribution in [1.82, 2.24) is 4.98 Å². The average molecular weight is 443 g/mol. The molecule has 0 saturated heterocycles. The molecule has 1 amide bonds. The van der Waals surface area contributed by atoms with Crippen LogP contribution in [0.5, 0.6) is 0 Å². The van der Waals surface area contributed by atoms with Crippen LogP contribution in [-0.4, -0.2) is 16.6 Å². The Balaban J connectivity index is 1.50. The number of hydrogen-bond donors (Lipinski definition) is 1. The summed E-state index contributed by atoms with van der Waals surface area (Å²) < 4.78 is 5.87. The topological polar surface area (TPSA) is 55.1 Å². The van der Waals surface area contributed by atoms with Gasteiger partial charge in [0.05, 0.1) is 16.3 Å². The first-order valence-corrected chi connectivity index (χ1v) is 10.6. The molecule has 146 valence electrons. The molecule has 0 aliphatic rings. The Labute approximate surface area is 182 Å². The second-order valence-electron chi connectivity index (χ2n) is 6.48. The Morgan fingerprint density at radius 1 is 1.07 bits per heavy atom. The number of fused-ring (bicyclic) bond motifs is 1. The first-order chi connectivity index (χ1) is 14.0. The molecule has 1 heterocycles. The minimum Gasteiger partial charge on any atom is -0.436 e. The quantitative estimate of drug-likeness (QED) is 0.343. The second-order valence-corrected chi connectivity index (χ2v) is 8.37. The van der Waals surface area contributed by atoms with E-state index in [-0.39, 0.29) is 11.7 Å². The number of benzene rings is 3. The molecule has 0 saturated carbocycles. The molecule has 0 bridgehead atoms. The van der Waals surface area contributed by atoms with E-state index in [0.717, 1.165) is 16.0 Å². The van der Waals surface area contributed by atoms with E-state index in [0.29, 0.717) is 32.8 Å². The summed E-state index contributed by atoms with van der Waals surface area (Å²) in [6, 6.07) is 18.4. The van der Waals surface area contributed by atoms with E-state index in [9.17, 15) is 4.79 Å². The van der Waals surface area contributed by atoms with Gasteiger partial charge in [0.1, 0.15) is 5.52 Å². The van der Waals surface area contributed by atoms with Gasteiger partial charge < -0.3 is 9.73 Å². The van der Waals surface area contributed by atoms with Gasteiger partial charge in [-0.25, -0.2) is 4.98 Å². The normalized spacial score (nSPS) is 11.0. The number of oxazole rings is 1. The number of nitrogens with zero attached hydrogens (tertiary/aromatic N) is 1. The maximum absolute atomic E-state index is 12.3. The molecule has 0 spiro atoms. The van der Waals surface area contributed by atoms with Gasteiger partial charge in [-0.05, 0) is 67.1 Å². The lowest BCUT2D eigenvalue weighted by atomic mass is 10.2. The molecule has 0 unspecified atom stereocenters. The number of amides is 1. The predicted octanol–water partition coefficient (Wildman–Crippen LogP) is 6.84. The summed E-state index contributed by atoms with van der Waals surface area (Å²) in [6.45, 7) is 1.99. The van der Waals surface area contributed by atoms with Crippen LogP contribution >= 0.6 is 35.0 Å². The molecule has 0 radical (unpaired) electrons. The predicted molar refractivity (Wildman–Crippen MR) is 120 cm³/mol. The number of halogens is 2. The first kappa shape index (κ1) is 19.8. The van der Waals surface area contributed by atoms with Crippen LogP contribution < -0.4 is 5.32 Å². The summed E-state index contributed by atoms with van der Waals surface area (Å²) in [4.78, 5) is 17.8. The highest BCUT2D eigenvalue weighted by atomic mass is 35.5. The van der Waals surface area contributed by atoms with E-state index < -0.39 is 0 Å². The summed E-state index contributed by atoms with van der Waals surface area (Å²) in [5.74, 6) is 0.579. The SMILES string of the molecule is Cc1ccc2nc(-c3cc(NC(=O)CSc4ccc(Cl)cc4)ccc3Cl)oc2c1. The van der Waals surface area contributed by atoms with Gasteiger partial charge in [-0.3, -0.25) is 4.79 Å². The van der Waals surface area contributed by atoms with Crippen molar-refractivity contribution in [1.29, 1.82) is 0 Å². The van der Waals surface area contributed by atoms with Gasteiger partial charge in [0, 0.05) is 15.6 Å². The molecule has 4 aromatic rings. The molecule has 1 aromatic heterocycles. The van der Waals surface area contributed by atoms with Crippen LogP contribution in [0.4, 0.5) is 5.69 Å². The fourth-order valence-corrected chi connectivity index (χ4v) is 3.81. The van der Waals surface area contributed by atoms with Crippen LogP contribution in [0.3, 0.4) is 0 Å². The molecule has 4 rings (SSSR count). The van der Waals surface area contributed by atoms with Crippen molar-refractivity contribution in [2.75, 3.05) is 11.1 Å². The van der Waals surface area contributed by atoms with Gasteiger partial charge in [0.2, 0.25) is 11.8 Å². The molecule has 0 atom stereocenters. The molecule has 29 heavy (non-hydrogen) atoms. The van der Waals surface area contributed by atoms with E-state index in [1.807, 2.05) is 37.3 Å². The molecule has 0 aliphatic carbocycles. The molecule has 3 aromatic carbocycles. The minimum atomic E-state index is -0.119. The standard InChI is InChI=1S/C22H16Cl2N2O2S/c1-13-2-9-19-20(10-13)28-22(26-19)17-11-15(5-8-18(17)24)25-21(27)12-29-16-6-3-14(23)4-7-16/h2-11H,12H2,1H3,(H,25,27). The summed E-state index contributed by atoms with van der Waals surface area (Å²) in [5.41, 5.74) is 3.80. The lowest BCUT2D eigenvalue weighted by Crippen LogP contribution is -2.14. The van der Waals surface area contributed by atoms with Crippen LogP contribution in [0.1, 0.15) is 5.56 Å². The van der Waals surface area contributed by atoms with Gasteiger partial charge in [0.25, 0.3) is 0 Å². The molecular formula is C22H16Cl2N2O2S. The van der Waals surface area contributed by atoms with Crippen molar-refractivity contribution in [3.05, 3.63) is 76.3 Å². The van der Waals surface area contributed by atoms with Crippen molar-refractivity contribution >= 4 is 57.7 Å². The van der Waals surface area contributed by atoms with E-state index in [1.54, 1.807) is 30.3 Å². The van der Waals surface area contributed by atoms with Crippen molar-refractivity contribution < 1.29 is 9.21 Å². The Hall–Kier alpha value is -2.47. The fraction of sp³-hybridized carbons (Fsp3) is 0.0909. The number of thioether (sulfide) groups is 1. The maximum atomic E-state index is 12.3. The van der Waals surface area contributed by atoms with E-state index >= 15 is 0 Å². The van der Waals surface area contributed by atoms with E-state index in [1.165, 1.54) is 11.8 Å². The molecule has 4 nitrogen and oxygen atoms in total. The number of aryl methyl sites for hydroxylation is 1. The highest BCUT2D eigenvalue weighted by Crippen LogP contribution is 2.32. The Bertz CT molecular complexity index is 1190. The van der Waals surface area contributed by atoms with Gasteiger partial charge in [-0.1, -0.05) is 29.3 Å². The molecule has 0 fully saturated rings. The number of rotatable bonds is 5. The van der Waals surface area contributed by atoms with Crippen LogP contribution in [0.25, 0.3) is 22.6 Å². The Kier molecular flexibility index (Phi) is 5.81. The van der Waals surface area contributed by atoms with Gasteiger partial charge in [-0.2, -0.15) is 0 Å². The number of hydrogen-bond acceptors (Lipinski definition) is 4. The number of carbonyl (C=O) groups excluding carboxylic acids is 1. The zero-order valence-corrected chi connectivity index (χ0v) is 17.7. The number of anilines is 1. The van der Waals surface area contributed by atoms with Crippen LogP contribution in [0.15, 0.2) is 70.0 Å². The third kappa shape index (κ3) is 4.75. The average Bonchev–Trinajstić information content (AvgIpc) is 3.12. The van der Waals surface area contributed by atoms with Crippen molar-refractivity contribution in [2.45, 2.75) is 11.8 Å². The number of aromatic nitrogens is 1. The van der Waals surface area contributed by atoms with Crippen LogP contribution in [0.2, 0.25) is 10.0 Å². The summed E-state index contributed by atoms with van der Waals surface area (Å²) in [6.07, 6.45) is 0. The lowest BCUT2D eigenvalue weighted by Gasteiger charge is -2.08.